The molecule has 1 unspecified atom stereocenters. The van der Waals surface area contributed by atoms with Crippen molar-refractivity contribution in [3.05, 3.63) is 24.3 Å². The minimum absolute atomic E-state index is 0.183. The van der Waals surface area contributed by atoms with Gasteiger partial charge >= 0.3 is 0 Å². The van der Waals surface area contributed by atoms with E-state index in [1.54, 1.807) is 18.9 Å². The second-order valence-electron chi connectivity index (χ2n) is 3.46. The highest BCUT2D eigenvalue weighted by molar-refractivity contribution is 7.99. The van der Waals surface area contributed by atoms with Crippen molar-refractivity contribution in [3.63, 3.8) is 0 Å². The lowest BCUT2D eigenvalue weighted by Gasteiger charge is -2.13. The van der Waals surface area contributed by atoms with Crippen molar-refractivity contribution < 1.29 is 9.84 Å². The van der Waals surface area contributed by atoms with Gasteiger partial charge in [0, 0.05) is 10.9 Å². The molecule has 0 bridgehead atoms. The first kappa shape index (κ1) is 13.4. The summed E-state index contributed by atoms with van der Waals surface area (Å²) in [4.78, 5) is 1.15. The third kappa shape index (κ3) is 4.04. The van der Waals surface area contributed by atoms with Gasteiger partial charge in [-0.3, -0.25) is 0 Å². The maximum absolute atomic E-state index is 9.03. The molecule has 0 radical (unpaired) electrons. The van der Waals surface area contributed by atoms with E-state index in [4.69, 9.17) is 9.84 Å². The van der Waals surface area contributed by atoms with Crippen LogP contribution in [0.15, 0.2) is 29.2 Å². The van der Waals surface area contributed by atoms with Crippen LogP contribution in [0.1, 0.15) is 6.42 Å². The lowest BCUT2D eigenvalue weighted by atomic mass is 10.2. The van der Waals surface area contributed by atoms with E-state index in [0.29, 0.717) is 0 Å². The molecule has 1 rings (SSSR count). The standard InChI is InChI=1S/C12H19NO2S/c1-13-10(9-14)7-8-16-12-6-4-3-5-11(12)15-2/h3-6,10,13-14H,7-9H2,1-2H3. The maximum Gasteiger partial charge on any atom is 0.132 e. The fraction of sp³-hybridized carbons (Fsp3) is 0.500. The van der Waals surface area contributed by atoms with E-state index in [-0.39, 0.29) is 12.6 Å². The molecule has 0 saturated carbocycles. The Morgan fingerprint density at radius 3 is 2.81 bits per heavy atom. The van der Waals surface area contributed by atoms with Crippen LogP contribution in [-0.2, 0) is 0 Å². The number of aliphatic hydroxyl groups excluding tert-OH is 1. The van der Waals surface area contributed by atoms with Gasteiger partial charge in [0.15, 0.2) is 0 Å². The Morgan fingerprint density at radius 2 is 2.19 bits per heavy atom. The second kappa shape index (κ2) is 7.54. The zero-order valence-electron chi connectivity index (χ0n) is 9.77. The van der Waals surface area contributed by atoms with Crippen LogP contribution in [0, 0.1) is 0 Å². The minimum atomic E-state index is 0.183. The van der Waals surface area contributed by atoms with E-state index < -0.39 is 0 Å². The number of benzene rings is 1. The third-order valence-corrected chi connectivity index (χ3v) is 3.51. The van der Waals surface area contributed by atoms with E-state index in [1.165, 1.54) is 0 Å². The Hall–Kier alpha value is -0.710. The molecule has 3 nitrogen and oxygen atoms in total. The van der Waals surface area contributed by atoms with Crippen LogP contribution in [0.2, 0.25) is 0 Å². The molecule has 1 aromatic carbocycles. The quantitative estimate of drug-likeness (QED) is 0.714. The number of para-hydroxylation sites is 1. The molecule has 0 aliphatic heterocycles. The van der Waals surface area contributed by atoms with Crippen molar-refractivity contribution in [2.24, 2.45) is 0 Å². The average molecular weight is 241 g/mol. The van der Waals surface area contributed by atoms with Crippen molar-refractivity contribution in [2.45, 2.75) is 17.4 Å². The van der Waals surface area contributed by atoms with Gasteiger partial charge in [0.1, 0.15) is 5.75 Å². The first-order chi connectivity index (χ1) is 7.81. The Morgan fingerprint density at radius 1 is 1.44 bits per heavy atom. The van der Waals surface area contributed by atoms with Gasteiger partial charge in [-0.05, 0) is 31.4 Å². The van der Waals surface area contributed by atoms with Crippen LogP contribution in [0.4, 0.5) is 0 Å². The summed E-state index contributed by atoms with van der Waals surface area (Å²) >= 11 is 1.75. The Balaban J connectivity index is 2.42. The molecule has 0 amide bonds. The number of thioether (sulfide) groups is 1. The normalized spacial score (nSPS) is 12.4. The van der Waals surface area contributed by atoms with Crippen LogP contribution in [0.25, 0.3) is 0 Å². The molecule has 0 aliphatic carbocycles. The Labute approximate surface area is 101 Å². The van der Waals surface area contributed by atoms with Gasteiger partial charge in [-0.25, -0.2) is 0 Å². The summed E-state index contributed by atoms with van der Waals surface area (Å²) in [7, 11) is 3.55. The van der Waals surface area contributed by atoms with E-state index >= 15 is 0 Å². The minimum Gasteiger partial charge on any atom is -0.496 e. The second-order valence-corrected chi connectivity index (χ2v) is 4.59. The van der Waals surface area contributed by atoms with Crippen molar-refractivity contribution in [2.75, 3.05) is 26.5 Å². The maximum atomic E-state index is 9.03. The van der Waals surface area contributed by atoms with Gasteiger partial charge in [0.2, 0.25) is 0 Å². The average Bonchev–Trinajstić information content (AvgIpc) is 2.35. The fourth-order valence-electron chi connectivity index (χ4n) is 1.38. The van der Waals surface area contributed by atoms with E-state index in [1.807, 2.05) is 25.2 Å². The fourth-order valence-corrected chi connectivity index (χ4v) is 2.47. The molecular formula is C12H19NO2S. The first-order valence-corrected chi connectivity index (χ1v) is 6.34. The van der Waals surface area contributed by atoms with E-state index in [2.05, 4.69) is 11.4 Å². The molecular weight excluding hydrogens is 222 g/mol. The van der Waals surface area contributed by atoms with Gasteiger partial charge in [0.25, 0.3) is 0 Å². The van der Waals surface area contributed by atoms with E-state index in [9.17, 15) is 0 Å². The van der Waals surface area contributed by atoms with Gasteiger partial charge in [-0.15, -0.1) is 11.8 Å². The molecule has 16 heavy (non-hydrogen) atoms. The number of rotatable bonds is 7. The largest absolute Gasteiger partial charge is 0.496 e. The summed E-state index contributed by atoms with van der Waals surface area (Å²) in [5, 5.41) is 12.1. The number of aliphatic hydroxyl groups is 1. The molecule has 1 atom stereocenters. The molecule has 0 saturated heterocycles. The van der Waals surface area contributed by atoms with Crippen molar-refractivity contribution >= 4 is 11.8 Å². The van der Waals surface area contributed by atoms with Gasteiger partial charge in [0.05, 0.1) is 13.7 Å². The van der Waals surface area contributed by atoms with Gasteiger partial charge in [-0.1, -0.05) is 12.1 Å². The highest BCUT2D eigenvalue weighted by Crippen LogP contribution is 2.29. The lowest BCUT2D eigenvalue weighted by Crippen LogP contribution is -2.29. The van der Waals surface area contributed by atoms with Crippen molar-refractivity contribution in [3.8, 4) is 5.75 Å². The molecule has 0 aromatic heterocycles. The van der Waals surface area contributed by atoms with Crippen LogP contribution < -0.4 is 10.1 Å². The predicted octanol–water partition coefficient (Wildman–Crippen LogP) is 1.76. The van der Waals surface area contributed by atoms with Gasteiger partial charge in [-0.2, -0.15) is 0 Å². The van der Waals surface area contributed by atoms with Gasteiger partial charge < -0.3 is 15.2 Å². The summed E-state index contributed by atoms with van der Waals surface area (Å²) in [5.41, 5.74) is 0. The highest BCUT2D eigenvalue weighted by Gasteiger charge is 2.06. The zero-order valence-corrected chi connectivity index (χ0v) is 10.6. The molecule has 90 valence electrons. The number of hydrogen-bond donors (Lipinski definition) is 2. The molecule has 0 heterocycles. The van der Waals surface area contributed by atoms with Crippen LogP contribution >= 0.6 is 11.8 Å². The molecule has 0 aliphatic rings. The van der Waals surface area contributed by atoms with Crippen LogP contribution in [0.3, 0.4) is 0 Å². The third-order valence-electron chi connectivity index (χ3n) is 2.42. The van der Waals surface area contributed by atoms with Crippen molar-refractivity contribution in [1.82, 2.24) is 5.32 Å². The molecule has 2 N–H and O–H groups in total. The SMILES string of the molecule is CNC(CO)CCSc1ccccc1OC. The lowest BCUT2D eigenvalue weighted by molar-refractivity contribution is 0.246. The number of ether oxygens (including phenoxy) is 1. The van der Waals surface area contributed by atoms with E-state index in [0.717, 1.165) is 22.8 Å². The number of methoxy groups -OCH3 is 1. The molecule has 0 spiro atoms. The van der Waals surface area contributed by atoms with Crippen LogP contribution in [-0.4, -0.2) is 37.7 Å². The summed E-state index contributed by atoms with van der Waals surface area (Å²) in [5.74, 6) is 1.88. The number of hydrogen-bond acceptors (Lipinski definition) is 4. The summed E-state index contributed by atoms with van der Waals surface area (Å²) in [6.07, 6.45) is 0.940. The Kier molecular flexibility index (Phi) is 6.30. The smallest absolute Gasteiger partial charge is 0.132 e. The van der Waals surface area contributed by atoms with Crippen molar-refractivity contribution in [1.29, 1.82) is 0 Å². The molecule has 0 fully saturated rings. The zero-order chi connectivity index (χ0) is 11.8. The summed E-state index contributed by atoms with van der Waals surface area (Å²) < 4.78 is 5.27. The number of nitrogens with one attached hydrogen (secondary N) is 1. The molecule has 4 heteroatoms. The van der Waals surface area contributed by atoms with Crippen LogP contribution in [0.5, 0.6) is 5.75 Å². The topological polar surface area (TPSA) is 41.5 Å². The Bertz CT molecular complexity index is 303. The highest BCUT2D eigenvalue weighted by atomic mass is 32.2. The summed E-state index contributed by atoms with van der Waals surface area (Å²) in [6, 6.07) is 8.17. The monoisotopic (exact) mass is 241 g/mol. The molecule has 1 aromatic rings. The number of likely N-dealkylation sites (N-methyl/N-ethyl adjacent to an activating group) is 1. The summed E-state index contributed by atoms with van der Waals surface area (Å²) in [6.45, 7) is 0.184. The first-order valence-electron chi connectivity index (χ1n) is 5.35. The predicted molar refractivity (Wildman–Crippen MR) is 68.3 cm³/mol.